The standard InChI is InChI=1S/C4H3N5/c1-2-9-4(8-6-1)5-3-7-9/h1-3H. The number of hydrogen-bond acceptors (Lipinski definition) is 4. The summed E-state index contributed by atoms with van der Waals surface area (Å²) in [7, 11) is 0. The van der Waals surface area contributed by atoms with Gasteiger partial charge in [-0.1, -0.05) is 0 Å². The summed E-state index contributed by atoms with van der Waals surface area (Å²) in [4.78, 5) is 3.80. The van der Waals surface area contributed by atoms with E-state index in [9.17, 15) is 0 Å². The molecule has 0 aliphatic heterocycles. The fourth-order valence-electron chi connectivity index (χ4n) is 0.599. The smallest absolute Gasteiger partial charge is 0.202 e. The summed E-state index contributed by atoms with van der Waals surface area (Å²) in [5.74, 6) is 0.525. The van der Waals surface area contributed by atoms with Gasteiger partial charge >= 0.3 is 0 Å². The molecule has 0 N–H and O–H groups in total. The zero-order chi connectivity index (χ0) is 6.10. The zero-order valence-corrected chi connectivity index (χ0v) is 4.47. The zero-order valence-electron chi connectivity index (χ0n) is 4.47. The summed E-state index contributed by atoms with van der Waals surface area (Å²) in [6.45, 7) is 0. The van der Waals surface area contributed by atoms with Crippen molar-refractivity contribution < 1.29 is 0 Å². The molecular formula is C4H3N5. The van der Waals surface area contributed by atoms with Crippen molar-refractivity contribution in [3.63, 3.8) is 0 Å². The molecule has 0 bridgehead atoms. The largest absolute Gasteiger partial charge is 0.271 e. The van der Waals surface area contributed by atoms with Crippen molar-refractivity contribution in [2.75, 3.05) is 0 Å². The van der Waals surface area contributed by atoms with Gasteiger partial charge in [0, 0.05) is 0 Å². The maximum atomic E-state index is 3.82. The van der Waals surface area contributed by atoms with Gasteiger partial charge in [-0.25, -0.2) is 4.52 Å². The third-order valence-electron chi connectivity index (χ3n) is 0.976. The molecule has 2 rings (SSSR count). The van der Waals surface area contributed by atoms with Crippen molar-refractivity contribution in [2.45, 2.75) is 0 Å². The van der Waals surface area contributed by atoms with Gasteiger partial charge in [0.2, 0.25) is 0 Å². The monoisotopic (exact) mass is 121 g/mol. The van der Waals surface area contributed by atoms with E-state index in [1.807, 2.05) is 0 Å². The van der Waals surface area contributed by atoms with E-state index in [0.717, 1.165) is 0 Å². The molecule has 0 unspecified atom stereocenters. The highest BCUT2D eigenvalue weighted by atomic mass is 15.3. The van der Waals surface area contributed by atoms with Gasteiger partial charge in [0.25, 0.3) is 5.78 Å². The molecule has 9 heavy (non-hydrogen) atoms. The first-order chi connectivity index (χ1) is 4.47. The van der Waals surface area contributed by atoms with Gasteiger partial charge in [-0.05, 0) is 0 Å². The average Bonchev–Trinajstić information content (AvgIpc) is 2.33. The van der Waals surface area contributed by atoms with Gasteiger partial charge in [-0.15, -0.1) is 5.10 Å². The lowest BCUT2D eigenvalue weighted by atomic mass is 10.9. The molecule has 2 aromatic rings. The highest BCUT2D eigenvalue weighted by molar-refractivity contribution is 5.19. The van der Waals surface area contributed by atoms with Crippen LogP contribution in [0.3, 0.4) is 0 Å². The summed E-state index contributed by atoms with van der Waals surface area (Å²) in [5, 5.41) is 11.1. The second-order valence-corrected chi connectivity index (χ2v) is 1.52. The lowest BCUT2D eigenvalue weighted by molar-refractivity contribution is 0.886. The lowest BCUT2D eigenvalue weighted by Gasteiger charge is -1.82. The summed E-state index contributed by atoms with van der Waals surface area (Å²) in [5.41, 5.74) is 0. The number of fused-ring (bicyclic) bond motifs is 1. The molecular weight excluding hydrogens is 118 g/mol. The fourth-order valence-corrected chi connectivity index (χ4v) is 0.599. The Bertz CT molecular complexity index is 283. The molecule has 0 aliphatic rings. The van der Waals surface area contributed by atoms with Crippen molar-refractivity contribution in [3.05, 3.63) is 18.7 Å². The SMILES string of the molecule is c1cn2ncnc2nn1. The van der Waals surface area contributed by atoms with E-state index in [2.05, 4.69) is 20.3 Å². The van der Waals surface area contributed by atoms with Gasteiger partial charge < -0.3 is 0 Å². The molecule has 2 heterocycles. The topological polar surface area (TPSA) is 56.0 Å². The molecule has 0 spiro atoms. The number of hydrogen-bond donors (Lipinski definition) is 0. The second-order valence-electron chi connectivity index (χ2n) is 1.52. The van der Waals surface area contributed by atoms with E-state index < -0.39 is 0 Å². The number of aromatic nitrogens is 5. The first-order valence-corrected chi connectivity index (χ1v) is 2.44. The molecule has 5 nitrogen and oxygen atoms in total. The van der Waals surface area contributed by atoms with Gasteiger partial charge in [0.1, 0.15) is 6.33 Å². The van der Waals surface area contributed by atoms with E-state index in [-0.39, 0.29) is 0 Å². The molecule has 0 saturated heterocycles. The van der Waals surface area contributed by atoms with Crippen molar-refractivity contribution >= 4 is 5.78 Å². The molecule has 0 amide bonds. The van der Waals surface area contributed by atoms with Gasteiger partial charge in [-0.3, -0.25) is 0 Å². The minimum atomic E-state index is 0.525. The molecule has 0 aliphatic carbocycles. The van der Waals surface area contributed by atoms with Crippen molar-refractivity contribution in [2.24, 2.45) is 0 Å². The third-order valence-corrected chi connectivity index (χ3v) is 0.976. The Hall–Kier alpha value is -1.52. The third kappa shape index (κ3) is 0.543. The summed E-state index contributed by atoms with van der Waals surface area (Å²) in [6, 6.07) is 0. The van der Waals surface area contributed by atoms with Crippen LogP contribution in [-0.4, -0.2) is 24.8 Å². The van der Waals surface area contributed by atoms with E-state index in [0.29, 0.717) is 5.78 Å². The normalized spacial score (nSPS) is 10.2. The minimum Gasteiger partial charge on any atom is -0.202 e. The van der Waals surface area contributed by atoms with E-state index in [1.165, 1.54) is 6.33 Å². The van der Waals surface area contributed by atoms with E-state index in [1.54, 1.807) is 16.9 Å². The van der Waals surface area contributed by atoms with Crippen LogP contribution in [0.25, 0.3) is 5.78 Å². The van der Waals surface area contributed by atoms with Crippen LogP contribution >= 0.6 is 0 Å². The van der Waals surface area contributed by atoms with Gasteiger partial charge in [-0.2, -0.15) is 15.2 Å². The average molecular weight is 121 g/mol. The first-order valence-electron chi connectivity index (χ1n) is 2.44. The second kappa shape index (κ2) is 1.48. The Balaban J connectivity index is 2.95. The van der Waals surface area contributed by atoms with Crippen LogP contribution in [0.15, 0.2) is 18.7 Å². The summed E-state index contributed by atoms with van der Waals surface area (Å²) in [6.07, 6.45) is 4.68. The van der Waals surface area contributed by atoms with Crippen molar-refractivity contribution in [1.82, 2.24) is 24.8 Å². The van der Waals surface area contributed by atoms with Crippen molar-refractivity contribution in [1.29, 1.82) is 0 Å². The van der Waals surface area contributed by atoms with Crippen LogP contribution < -0.4 is 0 Å². The molecule has 0 radical (unpaired) electrons. The van der Waals surface area contributed by atoms with Gasteiger partial charge in [0.05, 0.1) is 12.4 Å². The fraction of sp³-hybridized carbons (Fsp3) is 0. The highest BCUT2D eigenvalue weighted by Gasteiger charge is 1.90. The molecule has 44 valence electrons. The Kier molecular flexibility index (Phi) is 0.717. The maximum absolute atomic E-state index is 3.82. The molecule has 0 atom stereocenters. The van der Waals surface area contributed by atoms with Crippen LogP contribution in [0.1, 0.15) is 0 Å². The van der Waals surface area contributed by atoms with Crippen molar-refractivity contribution in [3.8, 4) is 0 Å². The van der Waals surface area contributed by atoms with Crippen LogP contribution in [0.5, 0.6) is 0 Å². The predicted octanol–water partition coefficient (Wildman–Crippen LogP) is -0.481. The Morgan fingerprint density at radius 2 is 2.44 bits per heavy atom. The number of rotatable bonds is 0. The Morgan fingerprint density at radius 1 is 1.44 bits per heavy atom. The van der Waals surface area contributed by atoms with Gasteiger partial charge in [0.15, 0.2) is 0 Å². The van der Waals surface area contributed by atoms with Crippen LogP contribution in [0.4, 0.5) is 0 Å². The summed E-state index contributed by atoms with van der Waals surface area (Å²) < 4.78 is 1.55. The van der Waals surface area contributed by atoms with Crippen LogP contribution in [-0.2, 0) is 0 Å². The molecule has 0 saturated carbocycles. The first kappa shape index (κ1) is 4.37. The minimum absolute atomic E-state index is 0.525. The molecule has 5 heteroatoms. The summed E-state index contributed by atoms with van der Waals surface area (Å²) >= 11 is 0. The lowest BCUT2D eigenvalue weighted by Crippen LogP contribution is -1.90. The highest BCUT2D eigenvalue weighted by Crippen LogP contribution is 1.85. The van der Waals surface area contributed by atoms with E-state index in [4.69, 9.17) is 0 Å². The molecule has 2 aromatic heterocycles. The van der Waals surface area contributed by atoms with Crippen LogP contribution in [0, 0.1) is 0 Å². The van der Waals surface area contributed by atoms with E-state index >= 15 is 0 Å². The van der Waals surface area contributed by atoms with Crippen LogP contribution in [0.2, 0.25) is 0 Å². The predicted molar refractivity (Wildman–Crippen MR) is 28.6 cm³/mol. The number of nitrogens with zero attached hydrogens (tertiary/aromatic N) is 5. The molecule has 0 fully saturated rings. The molecule has 0 aromatic carbocycles. The Morgan fingerprint density at radius 3 is 3.33 bits per heavy atom. The Labute approximate surface area is 50.4 Å². The quantitative estimate of drug-likeness (QED) is 0.472. The maximum Gasteiger partial charge on any atom is 0.271 e.